The number of hydrogen-bond donors (Lipinski definition) is 0. The van der Waals surface area contributed by atoms with Crippen molar-refractivity contribution in [2.45, 2.75) is 0 Å². The summed E-state index contributed by atoms with van der Waals surface area (Å²) in [5, 5.41) is 10.9. The summed E-state index contributed by atoms with van der Waals surface area (Å²) in [7, 11) is 1.47. The van der Waals surface area contributed by atoms with Crippen LogP contribution in [0.4, 0.5) is 5.69 Å². The van der Waals surface area contributed by atoms with Gasteiger partial charge in [-0.3, -0.25) is 10.1 Å². The van der Waals surface area contributed by atoms with E-state index in [0.29, 0.717) is 10.2 Å². The van der Waals surface area contributed by atoms with Gasteiger partial charge in [-0.2, -0.15) is 0 Å². The minimum absolute atomic E-state index is 0.0729. The van der Waals surface area contributed by atoms with Gasteiger partial charge in [-0.05, 0) is 34.1 Å². The number of ether oxygens (including phenoxy) is 2. The molecule has 0 radical (unpaired) electrons. The molecule has 2 rings (SSSR count). The summed E-state index contributed by atoms with van der Waals surface area (Å²) in [4.78, 5) is 14.4. The molecule has 0 amide bonds. The van der Waals surface area contributed by atoms with E-state index in [-0.39, 0.29) is 17.3 Å². The fourth-order valence-corrected chi connectivity index (χ4v) is 1.74. The highest BCUT2D eigenvalue weighted by molar-refractivity contribution is 9.10. The third kappa shape index (κ3) is 3.00. The zero-order chi connectivity index (χ0) is 13.8. The Balaban J connectivity index is 2.43. The molecule has 0 N–H and O–H groups in total. The van der Waals surface area contributed by atoms with Gasteiger partial charge in [0.2, 0.25) is 11.6 Å². The van der Waals surface area contributed by atoms with Crippen LogP contribution in [-0.4, -0.2) is 17.0 Å². The van der Waals surface area contributed by atoms with Gasteiger partial charge in [0.15, 0.2) is 0 Å². The molecule has 0 bridgehead atoms. The second kappa shape index (κ2) is 5.66. The predicted octanol–water partition coefficient (Wildman–Crippen LogP) is 3.55. The van der Waals surface area contributed by atoms with Crippen LogP contribution < -0.4 is 9.47 Å². The molecule has 1 heterocycles. The molecule has 1 aromatic heterocycles. The largest absolute Gasteiger partial charge is 0.497 e. The van der Waals surface area contributed by atoms with E-state index in [1.807, 2.05) is 0 Å². The Hall–Kier alpha value is -2.15. The molecule has 0 atom stereocenters. The lowest BCUT2D eigenvalue weighted by Crippen LogP contribution is -1.96. The van der Waals surface area contributed by atoms with Crippen LogP contribution in [0, 0.1) is 10.1 Å². The van der Waals surface area contributed by atoms with Crippen LogP contribution in [0.5, 0.6) is 17.4 Å². The van der Waals surface area contributed by atoms with E-state index in [1.54, 1.807) is 12.1 Å². The van der Waals surface area contributed by atoms with Crippen molar-refractivity contribution in [1.29, 1.82) is 0 Å². The second-order valence-electron chi connectivity index (χ2n) is 3.48. The molecule has 0 fully saturated rings. The van der Waals surface area contributed by atoms with Gasteiger partial charge in [0, 0.05) is 18.3 Å². The smallest absolute Gasteiger partial charge is 0.311 e. The van der Waals surface area contributed by atoms with Crippen LogP contribution in [-0.2, 0) is 0 Å². The summed E-state index contributed by atoms with van der Waals surface area (Å²) >= 11 is 3.26. The van der Waals surface area contributed by atoms with Crippen molar-refractivity contribution in [3.63, 3.8) is 0 Å². The summed E-state index contributed by atoms with van der Waals surface area (Å²) in [6.07, 6.45) is 1.53. The fraction of sp³-hybridized carbons (Fsp3) is 0.0833. The number of nitro groups is 1. The molecule has 0 aliphatic carbocycles. The monoisotopic (exact) mass is 324 g/mol. The van der Waals surface area contributed by atoms with E-state index in [9.17, 15) is 10.1 Å². The molecule has 0 aliphatic heterocycles. The molecule has 2 aromatic rings. The van der Waals surface area contributed by atoms with E-state index in [1.165, 1.54) is 31.5 Å². The third-order valence-corrected chi connectivity index (χ3v) is 2.90. The Bertz CT molecular complexity index is 618. The minimum Gasteiger partial charge on any atom is -0.497 e. The Morgan fingerprint density at radius 1 is 1.37 bits per heavy atom. The van der Waals surface area contributed by atoms with E-state index >= 15 is 0 Å². The number of hydrogen-bond acceptors (Lipinski definition) is 5. The number of nitrogens with zero attached hydrogens (tertiary/aromatic N) is 2. The van der Waals surface area contributed by atoms with Crippen LogP contribution in [0.3, 0.4) is 0 Å². The van der Waals surface area contributed by atoms with Crippen molar-refractivity contribution in [2.75, 3.05) is 7.11 Å². The van der Waals surface area contributed by atoms with Crippen LogP contribution in [0.2, 0.25) is 0 Å². The highest BCUT2D eigenvalue weighted by atomic mass is 79.9. The molecule has 6 nitrogen and oxygen atoms in total. The van der Waals surface area contributed by atoms with Gasteiger partial charge in [0.1, 0.15) is 5.75 Å². The van der Waals surface area contributed by atoms with Gasteiger partial charge in [-0.15, -0.1) is 0 Å². The zero-order valence-corrected chi connectivity index (χ0v) is 11.5. The highest BCUT2D eigenvalue weighted by Crippen LogP contribution is 2.35. The maximum absolute atomic E-state index is 10.9. The molecular weight excluding hydrogens is 316 g/mol. The van der Waals surface area contributed by atoms with Crippen molar-refractivity contribution >= 4 is 21.6 Å². The summed E-state index contributed by atoms with van der Waals surface area (Å²) in [5.41, 5.74) is -0.154. The normalized spacial score (nSPS) is 10.0. The molecule has 7 heteroatoms. The van der Waals surface area contributed by atoms with Crippen LogP contribution in [0.1, 0.15) is 0 Å². The lowest BCUT2D eigenvalue weighted by molar-refractivity contribution is -0.385. The molecule has 0 aliphatic rings. The standard InChI is InChI=1S/C12H9BrN2O4/c1-18-8-4-5-10(15(16)17)11(7-8)19-12-9(13)3-2-6-14-12/h2-7H,1H3. The minimum atomic E-state index is -0.522. The van der Waals surface area contributed by atoms with Gasteiger partial charge in [-0.25, -0.2) is 4.98 Å². The molecule has 0 saturated heterocycles. The van der Waals surface area contributed by atoms with E-state index in [0.717, 1.165) is 0 Å². The number of halogens is 1. The lowest BCUT2D eigenvalue weighted by Gasteiger charge is -2.08. The maximum Gasteiger partial charge on any atom is 0.311 e. The molecule has 1 aromatic carbocycles. The Kier molecular flexibility index (Phi) is 3.96. The summed E-state index contributed by atoms with van der Waals surface area (Å²) in [6, 6.07) is 7.72. The van der Waals surface area contributed by atoms with E-state index in [4.69, 9.17) is 9.47 Å². The van der Waals surface area contributed by atoms with Crippen molar-refractivity contribution in [2.24, 2.45) is 0 Å². The average Bonchev–Trinajstić information content (AvgIpc) is 2.41. The van der Waals surface area contributed by atoms with Gasteiger partial charge < -0.3 is 9.47 Å². The van der Waals surface area contributed by atoms with Gasteiger partial charge in [-0.1, -0.05) is 0 Å². The van der Waals surface area contributed by atoms with Gasteiger partial charge in [0.25, 0.3) is 0 Å². The first-order chi connectivity index (χ1) is 9.11. The number of aromatic nitrogens is 1. The van der Waals surface area contributed by atoms with Crippen LogP contribution >= 0.6 is 15.9 Å². The lowest BCUT2D eigenvalue weighted by atomic mass is 10.3. The van der Waals surface area contributed by atoms with E-state index in [2.05, 4.69) is 20.9 Å². The highest BCUT2D eigenvalue weighted by Gasteiger charge is 2.18. The van der Waals surface area contributed by atoms with Crippen LogP contribution in [0.15, 0.2) is 41.0 Å². The first-order valence-corrected chi connectivity index (χ1v) is 6.02. The molecule has 19 heavy (non-hydrogen) atoms. The van der Waals surface area contributed by atoms with Crippen molar-refractivity contribution in [1.82, 2.24) is 4.98 Å². The second-order valence-corrected chi connectivity index (χ2v) is 4.34. The fourth-order valence-electron chi connectivity index (χ4n) is 1.40. The van der Waals surface area contributed by atoms with Crippen molar-refractivity contribution in [3.05, 3.63) is 51.1 Å². The van der Waals surface area contributed by atoms with Gasteiger partial charge in [0.05, 0.1) is 16.5 Å². The predicted molar refractivity (Wildman–Crippen MR) is 71.7 cm³/mol. The number of pyridine rings is 1. The Morgan fingerprint density at radius 2 is 2.16 bits per heavy atom. The van der Waals surface area contributed by atoms with Gasteiger partial charge >= 0.3 is 5.69 Å². The molecule has 0 spiro atoms. The summed E-state index contributed by atoms with van der Waals surface area (Å²) in [6.45, 7) is 0. The first-order valence-electron chi connectivity index (χ1n) is 5.22. The number of methoxy groups -OCH3 is 1. The maximum atomic E-state index is 10.9. The number of rotatable bonds is 4. The SMILES string of the molecule is COc1ccc([N+](=O)[O-])c(Oc2ncccc2Br)c1. The first kappa shape index (κ1) is 13.3. The molecule has 0 unspecified atom stereocenters. The summed E-state index contributed by atoms with van der Waals surface area (Å²) < 4.78 is 11.1. The van der Waals surface area contributed by atoms with Crippen LogP contribution in [0.25, 0.3) is 0 Å². The Labute approximate surface area is 117 Å². The number of benzene rings is 1. The third-order valence-electron chi connectivity index (χ3n) is 2.30. The van der Waals surface area contributed by atoms with E-state index < -0.39 is 4.92 Å². The average molecular weight is 325 g/mol. The van der Waals surface area contributed by atoms with Crippen molar-refractivity contribution < 1.29 is 14.4 Å². The Morgan fingerprint density at radius 3 is 2.79 bits per heavy atom. The number of nitro benzene ring substituents is 1. The zero-order valence-electron chi connectivity index (χ0n) is 9.87. The quantitative estimate of drug-likeness (QED) is 0.635. The topological polar surface area (TPSA) is 74.5 Å². The molecule has 98 valence electrons. The molecule has 0 saturated carbocycles. The van der Waals surface area contributed by atoms with Crippen molar-refractivity contribution in [3.8, 4) is 17.4 Å². The molecular formula is C12H9BrN2O4. The summed E-state index contributed by atoms with van der Waals surface area (Å²) in [5.74, 6) is 0.787.